The van der Waals surface area contributed by atoms with Crippen molar-refractivity contribution in [1.29, 1.82) is 0 Å². The molecule has 0 bridgehead atoms. The van der Waals surface area contributed by atoms with Crippen LogP contribution in [-0.4, -0.2) is 63.1 Å². The Bertz CT molecular complexity index is 1540. The van der Waals surface area contributed by atoms with Crippen molar-refractivity contribution >= 4 is 56.4 Å². The molecule has 1 atom stereocenters. The monoisotopic (exact) mass is 622 g/mol. The van der Waals surface area contributed by atoms with E-state index in [1.54, 1.807) is 36.4 Å². The number of nitro benzene ring substituents is 1. The Hall–Kier alpha value is -3.87. The molecule has 0 radical (unpaired) electrons. The number of benzene rings is 3. The van der Waals surface area contributed by atoms with Gasteiger partial charge in [0.25, 0.3) is 5.69 Å². The Morgan fingerprint density at radius 1 is 1.07 bits per heavy atom. The van der Waals surface area contributed by atoms with E-state index in [1.807, 2.05) is 6.07 Å². The van der Waals surface area contributed by atoms with E-state index < -0.39 is 45.0 Å². The van der Waals surface area contributed by atoms with Crippen LogP contribution in [0, 0.1) is 10.1 Å². The molecule has 2 amide bonds. The van der Waals surface area contributed by atoms with Crippen LogP contribution in [0.5, 0.6) is 5.75 Å². The standard InChI is InChI=1S/C27H28Cl2N4O7S/c1-30-27(35)24(13-18-7-5-4-6-8-18)31(16-19-9-10-20(28)14-22(19)29)26(34)17-32(41(3,38)39)23-15-21(33(36)37)11-12-25(23)40-2/h4-12,14-15,24H,13,16-17H2,1-3H3,(H,30,35). The zero-order valence-electron chi connectivity index (χ0n) is 22.4. The number of carbonyl (C=O) groups is 2. The molecule has 0 fully saturated rings. The minimum Gasteiger partial charge on any atom is -0.495 e. The molecule has 1 N–H and O–H groups in total. The van der Waals surface area contributed by atoms with Gasteiger partial charge in [0.05, 0.1) is 18.3 Å². The fourth-order valence-electron chi connectivity index (χ4n) is 4.14. The molecular formula is C27H28Cl2N4O7S. The number of methoxy groups -OCH3 is 1. The number of rotatable bonds is 12. The second-order valence-electron chi connectivity index (χ2n) is 8.96. The average Bonchev–Trinajstić information content (AvgIpc) is 2.93. The molecule has 0 saturated heterocycles. The molecule has 41 heavy (non-hydrogen) atoms. The highest BCUT2D eigenvalue weighted by Gasteiger charge is 2.34. The molecule has 11 nitrogen and oxygen atoms in total. The Balaban J connectivity index is 2.12. The van der Waals surface area contributed by atoms with Crippen molar-refractivity contribution in [2.24, 2.45) is 0 Å². The maximum Gasteiger partial charge on any atom is 0.271 e. The third-order valence-electron chi connectivity index (χ3n) is 6.19. The molecule has 0 aliphatic heterocycles. The van der Waals surface area contributed by atoms with Crippen molar-refractivity contribution in [3.8, 4) is 5.75 Å². The molecule has 218 valence electrons. The van der Waals surface area contributed by atoms with Gasteiger partial charge in [-0.15, -0.1) is 0 Å². The van der Waals surface area contributed by atoms with Crippen LogP contribution >= 0.6 is 23.2 Å². The van der Waals surface area contributed by atoms with Crippen molar-refractivity contribution in [2.45, 2.75) is 19.0 Å². The Morgan fingerprint density at radius 2 is 1.76 bits per heavy atom. The Labute approximate surface area is 247 Å². The van der Waals surface area contributed by atoms with E-state index in [9.17, 15) is 28.1 Å². The van der Waals surface area contributed by atoms with Crippen LogP contribution in [0.1, 0.15) is 11.1 Å². The molecule has 14 heteroatoms. The first-order valence-electron chi connectivity index (χ1n) is 12.1. The molecule has 0 saturated carbocycles. The number of carbonyl (C=O) groups excluding carboxylic acids is 2. The van der Waals surface area contributed by atoms with Gasteiger partial charge < -0.3 is 15.0 Å². The number of likely N-dealkylation sites (N-methyl/N-ethyl adjacent to an activating group) is 1. The molecule has 0 spiro atoms. The minimum atomic E-state index is -4.18. The molecule has 0 aliphatic rings. The molecule has 3 aromatic rings. The number of ether oxygens (including phenoxy) is 1. The quantitative estimate of drug-likeness (QED) is 0.237. The number of non-ortho nitro benzene ring substituents is 1. The first-order chi connectivity index (χ1) is 19.3. The summed E-state index contributed by atoms with van der Waals surface area (Å²) in [7, 11) is -1.49. The van der Waals surface area contributed by atoms with Crippen LogP contribution in [0.3, 0.4) is 0 Å². The summed E-state index contributed by atoms with van der Waals surface area (Å²) >= 11 is 12.5. The van der Waals surface area contributed by atoms with E-state index in [-0.39, 0.29) is 29.4 Å². The van der Waals surface area contributed by atoms with E-state index in [1.165, 1.54) is 31.2 Å². The zero-order valence-corrected chi connectivity index (χ0v) is 24.7. The van der Waals surface area contributed by atoms with Crippen LogP contribution in [0.25, 0.3) is 0 Å². The number of hydrogen-bond acceptors (Lipinski definition) is 7. The van der Waals surface area contributed by atoms with Gasteiger partial charge in [-0.3, -0.25) is 24.0 Å². The SMILES string of the molecule is CNC(=O)C(Cc1ccccc1)N(Cc1ccc(Cl)cc1Cl)C(=O)CN(c1cc([N+](=O)[O-])ccc1OC)S(C)(=O)=O. The summed E-state index contributed by atoms with van der Waals surface area (Å²) in [6, 6.07) is 16.0. The van der Waals surface area contributed by atoms with Crippen molar-refractivity contribution < 1.29 is 27.7 Å². The first-order valence-corrected chi connectivity index (χ1v) is 14.7. The van der Waals surface area contributed by atoms with Gasteiger partial charge in [0.15, 0.2) is 0 Å². The second kappa shape index (κ2) is 13.7. The summed E-state index contributed by atoms with van der Waals surface area (Å²) in [6.07, 6.45) is 0.968. The summed E-state index contributed by atoms with van der Waals surface area (Å²) in [5, 5.41) is 14.6. The molecule has 0 aromatic heterocycles. The first kappa shape index (κ1) is 31.7. The largest absolute Gasteiger partial charge is 0.495 e. The number of nitrogens with one attached hydrogen (secondary N) is 1. The predicted octanol–water partition coefficient (Wildman–Crippen LogP) is 4.06. The summed E-state index contributed by atoms with van der Waals surface area (Å²) < 4.78 is 31.9. The molecule has 0 heterocycles. The fourth-order valence-corrected chi connectivity index (χ4v) is 5.45. The molecular weight excluding hydrogens is 595 g/mol. The Morgan fingerprint density at radius 3 is 2.32 bits per heavy atom. The van der Waals surface area contributed by atoms with Crippen LogP contribution < -0.4 is 14.4 Å². The number of hydrogen-bond donors (Lipinski definition) is 1. The van der Waals surface area contributed by atoms with Gasteiger partial charge in [-0.2, -0.15) is 0 Å². The van der Waals surface area contributed by atoms with E-state index in [2.05, 4.69) is 5.32 Å². The van der Waals surface area contributed by atoms with Crippen LogP contribution in [0.2, 0.25) is 10.0 Å². The summed E-state index contributed by atoms with van der Waals surface area (Å²) in [6.45, 7) is -0.951. The number of anilines is 1. The van der Waals surface area contributed by atoms with Gasteiger partial charge in [0, 0.05) is 42.2 Å². The van der Waals surface area contributed by atoms with E-state index in [0.717, 1.165) is 24.0 Å². The highest BCUT2D eigenvalue weighted by Crippen LogP contribution is 2.34. The van der Waals surface area contributed by atoms with E-state index in [0.29, 0.717) is 14.9 Å². The number of nitro groups is 1. The third kappa shape index (κ3) is 8.09. The summed E-state index contributed by atoms with van der Waals surface area (Å²) in [5.74, 6) is -1.26. The van der Waals surface area contributed by atoms with Crippen LogP contribution in [0.15, 0.2) is 66.7 Å². The maximum atomic E-state index is 14.0. The smallest absolute Gasteiger partial charge is 0.271 e. The number of amides is 2. The lowest BCUT2D eigenvalue weighted by atomic mass is 10.0. The Kier molecular flexibility index (Phi) is 10.5. The van der Waals surface area contributed by atoms with Crippen molar-refractivity contribution in [1.82, 2.24) is 10.2 Å². The number of halogens is 2. The normalized spacial score (nSPS) is 11.8. The van der Waals surface area contributed by atoms with Gasteiger partial charge in [-0.25, -0.2) is 8.42 Å². The lowest BCUT2D eigenvalue weighted by Crippen LogP contribution is -2.53. The highest BCUT2D eigenvalue weighted by molar-refractivity contribution is 7.92. The second-order valence-corrected chi connectivity index (χ2v) is 11.7. The zero-order chi connectivity index (χ0) is 30.3. The van der Waals surface area contributed by atoms with E-state index >= 15 is 0 Å². The van der Waals surface area contributed by atoms with Crippen molar-refractivity contribution in [3.63, 3.8) is 0 Å². The third-order valence-corrected chi connectivity index (χ3v) is 7.91. The molecule has 3 rings (SSSR count). The molecule has 3 aromatic carbocycles. The van der Waals surface area contributed by atoms with Crippen molar-refractivity contribution in [2.75, 3.05) is 31.3 Å². The van der Waals surface area contributed by atoms with E-state index in [4.69, 9.17) is 27.9 Å². The lowest BCUT2D eigenvalue weighted by Gasteiger charge is -2.33. The van der Waals surface area contributed by atoms with Gasteiger partial charge >= 0.3 is 0 Å². The fraction of sp³-hybridized carbons (Fsp3) is 0.259. The maximum absolute atomic E-state index is 14.0. The van der Waals surface area contributed by atoms with Crippen LogP contribution in [-0.2, 0) is 32.6 Å². The lowest BCUT2D eigenvalue weighted by molar-refractivity contribution is -0.384. The van der Waals surface area contributed by atoms with Crippen molar-refractivity contribution in [3.05, 3.63) is 98.0 Å². The van der Waals surface area contributed by atoms with Crippen LogP contribution in [0.4, 0.5) is 11.4 Å². The van der Waals surface area contributed by atoms with Gasteiger partial charge in [-0.1, -0.05) is 59.6 Å². The highest BCUT2D eigenvalue weighted by atomic mass is 35.5. The van der Waals surface area contributed by atoms with Gasteiger partial charge in [0.2, 0.25) is 21.8 Å². The molecule has 0 aliphatic carbocycles. The number of sulfonamides is 1. The van der Waals surface area contributed by atoms with Gasteiger partial charge in [-0.05, 0) is 29.3 Å². The minimum absolute atomic E-state index is 0.00624. The summed E-state index contributed by atoms with van der Waals surface area (Å²) in [5.41, 5.74) is 0.604. The molecule has 1 unspecified atom stereocenters. The topological polar surface area (TPSA) is 139 Å². The predicted molar refractivity (Wildman–Crippen MR) is 157 cm³/mol. The van der Waals surface area contributed by atoms with Gasteiger partial charge in [0.1, 0.15) is 24.0 Å². The number of nitrogens with zero attached hydrogens (tertiary/aromatic N) is 3. The average molecular weight is 624 g/mol. The summed E-state index contributed by atoms with van der Waals surface area (Å²) in [4.78, 5) is 39.2.